The highest BCUT2D eigenvalue weighted by atomic mass is 32.2. The summed E-state index contributed by atoms with van der Waals surface area (Å²) in [6.07, 6.45) is 3.80. The monoisotopic (exact) mass is 284 g/mol. The number of hydrogen-bond acceptors (Lipinski definition) is 5. The van der Waals surface area contributed by atoms with E-state index >= 15 is 0 Å². The minimum Gasteiger partial charge on any atom is -0.480 e. The number of carbonyl (C=O) groups is 2. The Hall–Kier alpha value is -1.83. The van der Waals surface area contributed by atoms with Gasteiger partial charge in [0.1, 0.15) is 6.04 Å². The average molecular weight is 284 g/mol. The number of hydrogen-bond donors (Lipinski definition) is 3. The van der Waals surface area contributed by atoms with E-state index in [-0.39, 0.29) is 6.54 Å². The molecule has 1 aromatic rings. The van der Waals surface area contributed by atoms with Crippen molar-refractivity contribution in [2.75, 3.05) is 12.0 Å². The summed E-state index contributed by atoms with van der Waals surface area (Å²) in [6, 6.07) is 2.02. The number of aromatic nitrogens is 2. The van der Waals surface area contributed by atoms with Crippen LogP contribution in [0.3, 0.4) is 0 Å². The molecular formula is C11H16N4O3S. The second-order valence-corrected chi connectivity index (χ2v) is 4.70. The van der Waals surface area contributed by atoms with E-state index in [9.17, 15) is 9.59 Å². The van der Waals surface area contributed by atoms with Crippen LogP contribution in [-0.4, -0.2) is 45.4 Å². The molecule has 0 aromatic carbocycles. The zero-order chi connectivity index (χ0) is 14.1. The third kappa shape index (κ3) is 6.05. The van der Waals surface area contributed by atoms with Gasteiger partial charge in [-0.1, -0.05) is 0 Å². The van der Waals surface area contributed by atoms with E-state index in [1.807, 2.05) is 6.26 Å². The van der Waals surface area contributed by atoms with Crippen LogP contribution in [0.5, 0.6) is 0 Å². The number of amides is 2. The number of carboxylic acids is 1. The summed E-state index contributed by atoms with van der Waals surface area (Å²) in [5.41, 5.74) is 0.605. The normalized spacial score (nSPS) is 11.6. The molecule has 1 aromatic heterocycles. The highest BCUT2D eigenvalue weighted by molar-refractivity contribution is 7.98. The van der Waals surface area contributed by atoms with Gasteiger partial charge in [0.25, 0.3) is 0 Å². The van der Waals surface area contributed by atoms with Crippen molar-refractivity contribution in [1.29, 1.82) is 0 Å². The minimum absolute atomic E-state index is 0.203. The first-order valence-corrected chi connectivity index (χ1v) is 7.05. The summed E-state index contributed by atoms with van der Waals surface area (Å²) in [5, 5.41) is 21.4. The number of nitrogens with zero attached hydrogens (tertiary/aromatic N) is 2. The summed E-state index contributed by atoms with van der Waals surface area (Å²) in [6.45, 7) is 0.203. The summed E-state index contributed by atoms with van der Waals surface area (Å²) >= 11 is 1.53. The van der Waals surface area contributed by atoms with Gasteiger partial charge in [0.2, 0.25) is 0 Å². The van der Waals surface area contributed by atoms with Crippen LogP contribution < -0.4 is 10.6 Å². The Balaban J connectivity index is 2.38. The smallest absolute Gasteiger partial charge is 0.326 e. The van der Waals surface area contributed by atoms with E-state index < -0.39 is 18.0 Å². The molecule has 1 rings (SSSR count). The summed E-state index contributed by atoms with van der Waals surface area (Å²) < 4.78 is 0. The van der Waals surface area contributed by atoms with Gasteiger partial charge >= 0.3 is 12.0 Å². The topological polar surface area (TPSA) is 104 Å². The molecule has 0 radical (unpaired) electrons. The first-order chi connectivity index (χ1) is 9.13. The van der Waals surface area contributed by atoms with Gasteiger partial charge in [0, 0.05) is 6.20 Å². The molecule has 3 N–H and O–H groups in total. The van der Waals surface area contributed by atoms with E-state index in [4.69, 9.17) is 5.11 Å². The van der Waals surface area contributed by atoms with Crippen molar-refractivity contribution in [1.82, 2.24) is 20.8 Å². The summed E-state index contributed by atoms with van der Waals surface area (Å²) in [7, 11) is 0. The van der Waals surface area contributed by atoms with Crippen molar-refractivity contribution in [3.8, 4) is 0 Å². The lowest BCUT2D eigenvalue weighted by molar-refractivity contribution is -0.139. The van der Waals surface area contributed by atoms with Crippen molar-refractivity contribution in [3.63, 3.8) is 0 Å². The average Bonchev–Trinajstić information content (AvgIpc) is 2.42. The Labute approximate surface area is 115 Å². The Bertz CT molecular complexity index is 416. The second-order valence-electron chi connectivity index (χ2n) is 3.71. The fourth-order valence-corrected chi connectivity index (χ4v) is 1.77. The molecule has 7 nitrogen and oxygen atoms in total. The van der Waals surface area contributed by atoms with Crippen LogP contribution in [0.25, 0.3) is 0 Å². The number of urea groups is 1. The predicted octanol–water partition coefficient (Wildman–Crippen LogP) is 0.482. The maximum atomic E-state index is 11.6. The molecule has 0 aliphatic heterocycles. The molecule has 0 spiro atoms. The second kappa shape index (κ2) is 8.30. The van der Waals surface area contributed by atoms with E-state index in [0.29, 0.717) is 17.9 Å². The zero-order valence-electron chi connectivity index (χ0n) is 10.5. The lowest BCUT2D eigenvalue weighted by Crippen LogP contribution is -2.46. The van der Waals surface area contributed by atoms with Gasteiger partial charge in [-0.3, -0.25) is 0 Å². The van der Waals surface area contributed by atoms with Crippen LogP contribution in [0, 0.1) is 0 Å². The van der Waals surface area contributed by atoms with Crippen LogP contribution >= 0.6 is 11.8 Å². The van der Waals surface area contributed by atoms with Gasteiger partial charge in [-0.15, -0.1) is 0 Å². The Morgan fingerprint density at radius 2 is 2.32 bits per heavy atom. The van der Waals surface area contributed by atoms with Gasteiger partial charge in [-0.25, -0.2) is 9.59 Å². The summed E-state index contributed by atoms with van der Waals surface area (Å²) in [5.74, 6) is -0.370. The largest absolute Gasteiger partial charge is 0.480 e. The standard InChI is InChI=1S/C11H16N4O3S/c1-19-6-4-9(10(16)17)14-11(18)12-7-8-3-2-5-13-15-8/h2-3,5,9H,4,6-7H2,1H3,(H,16,17)(H2,12,14,18)/t9-/m0/s1. The van der Waals surface area contributed by atoms with Gasteiger partial charge in [-0.05, 0) is 30.6 Å². The van der Waals surface area contributed by atoms with Crippen molar-refractivity contribution in [3.05, 3.63) is 24.0 Å². The predicted molar refractivity (Wildman–Crippen MR) is 71.8 cm³/mol. The van der Waals surface area contributed by atoms with Crippen molar-refractivity contribution < 1.29 is 14.7 Å². The Morgan fingerprint density at radius 3 is 2.89 bits per heavy atom. The molecule has 1 heterocycles. The number of carbonyl (C=O) groups excluding carboxylic acids is 1. The third-order valence-electron chi connectivity index (χ3n) is 2.27. The SMILES string of the molecule is CSCC[C@H](NC(=O)NCc1cccnn1)C(=O)O. The van der Waals surface area contributed by atoms with Gasteiger partial charge in [0.15, 0.2) is 0 Å². The van der Waals surface area contributed by atoms with Crippen molar-refractivity contribution in [2.45, 2.75) is 19.0 Å². The molecule has 0 fully saturated rings. The maximum absolute atomic E-state index is 11.6. The highest BCUT2D eigenvalue weighted by Crippen LogP contribution is 2.01. The number of nitrogens with one attached hydrogen (secondary N) is 2. The highest BCUT2D eigenvalue weighted by Gasteiger charge is 2.18. The van der Waals surface area contributed by atoms with Gasteiger partial charge < -0.3 is 15.7 Å². The molecule has 0 aliphatic rings. The molecule has 2 amide bonds. The van der Waals surface area contributed by atoms with Crippen LogP contribution in [0.15, 0.2) is 18.3 Å². The van der Waals surface area contributed by atoms with Crippen molar-refractivity contribution >= 4 is 23.8 Å². The zero-order valence-corrected chi connectivity index (χ0v) is 11.3. The molecule has 0 bridgehead atoms. The maximum Gasteiger partial charge on any atom is 0.326 e. The minimum atomic E-state index is -1.04. The van der Waals surface area contributed by atoms with E-state index in [1.54, 1.807) is 12.1 Å². The molecule has 104 valence electrons. The molecule has 0 saturated carbocycles. The van der Waals surface area contributed by atoms with E-state index in [2.05, 4.69) is 20.8 Å². The Morgan fingerprint density at radius 1 is 1.53 bits per heavy atom. The van der Waals surface area contributed by atoms with Crippen LogP contribution in [-0.2, 0) is 11.3 Å². The van der Waals surface area contributed by atoms with Crippen LogP contribution in [0.4, 0.5) is 4.79 Å². The molecule has 0 aliphatic carbocycles. The fraction of sp³-hybridized carbons (Fsp3) is 0.455. The molecule has 1 atom stereocenters. The van der Waals surface area contributed by atoms with Crippen molar-refractivity contribution in [2.24, 2.45) is 0 Å². The van der Waals surface area contributed by atoms with Gasteiger partial charge in [0.05, 0.1) is 12.2 Å². The number of aliphatic carboxylic acids is 1. The quantitative estimate of drug-likeness (QED) is 0.673. The van der Waals surface area contributed by atoms with Gasteiger partial charge in [-0.2, -0.15) is 22.0 Å². The van der Waals surface area contributed by atoms with E-state index in [1.165, 1.54) is 18.0 Å². The van der Waals surface area contributed by atoms with E-state index in [0.717, 1.165) is 0 Å². The molecule has 0 unspecified atom stereocenters. The molecule has 0 saturated heterocycles. The summed E-state index contributed by atoms with van der Waals surface area (Å²) in [4.78, 5) is 22.5. The number of rotatable bonds is 7. The molecule has 19 heavy (non-hydrogen) atoms. The lowest BCUT2D eigenvalue weighted by Gasteiger charge is -2.14. The fourth-order valence-electron chi connectivity index (χ4n) is 1.30. The van der Waals surface area contributed by atoms with Crippen LogP contribution in [0.1, 0.15) is 12.1 Å². The Kier molecular flexibility index (Phi) is 6.65. The number of carboxylic acid groups (broad SMARTS) is 1. The lowest BCUT2D eigenvalue weighted by atomic mass is 10.2. The first-order valence-electron chi connectivity index (χ1n) is 5.66. The first kappa shape index (κ1) is 15.2. The van der Waals surface area contributed by atoms with Crippen LogP contribution in [0.2, 0.25) is 0 Å². The third-order valence-corrected chi connectivity index (χ3v) is 2.92. The molecule has 8 heteroatoms. The molecular weight excluding hydrogens is 268 g/mol. The number of thioether (sulfide) groups is 1.